The highest BCUT2D eigenvalue weighted by Crippen LogP contribution is 1.82. The highest BCUT2D eigenvalue weighted by atomic mass is 16.4. The second-order valence-electron chi connectivity index (χ2n) is 3.19. The standard InChI is InChI=1S/C9H20N4O3/c14-8-12-4-2-1-3-10-5-6-11-7-13-9(15)16/h8,10-11,13H,1-7H2,(H,12,14)(H,15,16). The van der Waals surface area contributed by atoms with Gasteiger partial charge in [0.25, 0.3) is 0 Å². The number of amides is 2. The minimum absolute atomic E-state index is 0.264. The summed E-state index contributed by atoms with van der Waals surface area (Å²) in [6, 6.07) is 0. The molecule has 0 rings (SSSR count). The minimum atomic E-state index is -1.02. The van der Waals surface area contributed by atoms with Gasteiger partial charge in [-0.3, -0.25) is 10.1 Å². The first-order chi connectivity index (χ1) is 7.77. The molecule has 0 atom stereocenters. The summed E-state index contributed by atoms with van der Waals surface area (Å²) in [5, 5.41) is 19.2. The molecule has 0 aliphatic carbocycles. The van der Waals surface area contributed by atoms with Gasteiger partial charge in [0.05, 0.1) is 6.67 Å². The third-order valence-electron chi connectivity index (χ3n) is 1.85. The Morgan fingerprint density at radius 2 is 1.75 bits per heavy atom. The van der Waals surface area contributed by atoms with Crippen LogP contribution < -0.4 is 21.3 Å². The Kier molecular flexibility index (Phi) is 10.8. The van der Waals surface area contributed by atoms with E-state index in [-0.39, 0.29) is 6.67 Å². The maximum atomic E-state index is 10.1. The summed E-state index contributed by atoms with van der Waals surface area (Å²) < 4.78 is 0. The van der Waals surface area contributed by atoms with Gasteiger partial charge in [-0.25, -0.2) is 4.79 Å². The van der Waals surface area contributed by atoms with Gasteiger partial charge in [0.15, 0.2) is 0 Å². The number of nitrogens with one attached hydrogen (secondary N) is 4. The molecule has 0 unspecified atom stereocenters. The van der Waals surface area contributed by atoms with Crippen molar-refractivity contribution in [3.63, 3.8) is 0 Å². The van der Waals surface area contributed by atoms with Crippen LogP contribution in [0.4, 0.5) is 4.79 Å². The fourth-order valence-corrected chi connectivity index (χ4v) is 1.06. The molecule has 0 spiro atoms. The first kappa shape index (κ1) is 14.7. The summed E-state index contributed by atoms with van der Waals surface area (Å²) in [5.41, 5.74) is 0. The number of rotatable bonds is 11. The number of carbonyl (C=O) groups is 2. The van der Waals surface area contributed by atoms with Crippen molar-refractivity contribution in [3.8, 4) is 0 Å². The maximum Gasteiger partial charge on any atom is 0.405 e. The Morgan fingerprint density at radius 3 is 2.44 bits per heavy atom. The number of hydrogen-bond donors (Lipinski definition) is 5. The zero-order chi connectivity index (χ0) is 12.1. The number of hydrogen-bond acceptors (Lipinski definition) is 4. The Labute approximate surface area is 95.0 Å². The fraction of sp³-hybridized carbons (Fsp3) is 0.778. The van der Waals surface area contributed by atoms with Gasteiger partial charge in [-0.15, -0.1) is 0 Å². The van der Waals surface area contributed by atoms with E-state index in [1.807, 2.05) is 0 Å². The lowest BCUT2D eigenvalue weighted by atomic mass is 10.3. The highest BCUT2D eigenvalue weighted by Gasteiger charge is 1.92. The van der Waals surface area contributed by atoms with Gasteiger partial charge in [-0.05, 0) is 19.4 Å². The molecule has 7 heteroatoms. The molecular formula is C9H20N4O3. The van der Waals surface area contributed by atoms with Crippen LogP contribution >= 0.6 is 0 Å². The second kappa shape index (κ2) is 11.7. The maximum absolute atomic E-state index is 10.1. The molecule has 16 heavy (non-hydrogen) atoms. The van der Waals surface area contributed by atoms with Crippen molar-refractivity contribution in [1.82, 2.24) is 21.3 Å². The van der Waals surface area contributed by atoms with Gasteiger partial charge >= 0.3 is 6.09 Å². The largest absolute Gasteiger partial charge is 0.465 e. The van der Waals surface area contributed by atoms with Crippen molar-refractivity contribution < 1.29 is 14.7 Å². The Morgan fingerprint density at radius 1 is 1.06 bits per heavy atom. The van der Waals surface area contributed by atoms with Crippen molar-refractivity contribution in [3.05, 3.63) is 0 Å². The van der Waals surface area contributed by atoms with E-state index in [1.54, 1.807) is 0 Å². The van der Waals surface area contributed by atoms with Crippen LogP contribution in [0, 0.1) is 0 Å². The third kappa shape index (κ3) is 12.7. The van der Waals surface area contributed by atoms with Crippen LogP contribution in [0.5, 0.6) is 0 Å². The molecule has 0 saturated heterocycles. The minimum Gasteiger partial charge on any atom is -0.465 e. The van der Waals surface area contributed by atoms with E-state index in [0.29, 0.717) is 19.5 Å². The molecule has 0 saturated carbocycles. The number of carboxylic acid groups (broad SMARTS) is 1. The van der Waals surface area contributed by atoms with Gasteiger partial charge < -0.3 is 21.1 Å². The molecule has 2 amide bonds. The summed E-state index contributed by atoms with van der Waals surface area (Å²) in [6.45, 7) is 3.39. The molecule has 94 valence electrons. The molecule has 0 aromatic rings. The van der Waals surface area contributed by atoms with E-state index in [0.717, 1.165) is 25.9 Å². The molecule has 0 fully saturated rings. The van der Waals surface area contributed by atoms with E-state index in [1.165, 1.54) is 0 Å². The normalized spacial score (nSPS) is 9.75. The SMILES string of the molecule is O=CNCCCCNCCNCNC(=O)O. The van der Waals surface area contributed by atoms with Crippen LogP contribution in [0.1, 0.15) is 12.8 Å². The predicted octanol–water partition coefficient (Wildman–Crippen LogP) is -1.08. The van der Waals surface area contributed by atoms with Crippen molar-refractivity contribution in [2.24, 2.45) is 0 Å². The van der Waals surface area contributed by atoms with Crippen molar-refractivity contribution in [1.29, 1.82) is 0 Å². The molecule has 0 aromatic heterocycles. The Hall–Kier alpha value is -1.34. The summed E-state index contributed by atoms with van der Waals surface area (Å²) in [5.74, 6) is 0. The van der Waals surface area contributed by atoms with Gasteiger partial charge in [0.1, 0.15) is 0 Å². The van der Waals surface area contributed by atoms with Gasteiger partial charge in [-0.1, -0.05) is 0 Å². The Balaban J connectivity index is 2.93. The van der Waals surface area contributed by atoms with E-state index < -0.39 is 6.09 Å². The van der Waals surface area contributed by atoms with Crippen molar-refractivity contribution in [2.45, 2.75) is 12.8 Å². The predicted molar refractivity (Wildman–Crippen MR) is 60.2 cm³/mol. The molecule has 0 bridgehead atoms. The van der Waals surface area contributed by atoms with E-state index >= 15 is 0 Å². The summed E-state index contributed by atoms with van der Waals surface area (Å²) in [4.78, 5) is 20.0. The average molecular weight is 232 g/mol. The third-order valence-corrected chi connectivity index (χ3v) is 1.85. The van der Waals surface area contributed by atoms with Crippen molar-refractivity contribution >= 4 is 12.5 Å². The molecule has 0 heterocycles. The van der Waals surface area contributed by atoms with Crippen molar-refractivity contribution in [2.75, 3.05) is 32.8 Å². The van der Waals surface area contributed by atoms with E-state index in [2.05, 4.69) is 21.3 Å². The first-order valence-corrected chi connectivity index (χ1v) is 5.32. The summed E-state index contributed by atoms with van der Waals surface area (Å²) in [6.07, 6.45) is 1.64. The monoisotopic (exact) mass is 232 g/mol. The van der Waals surface area contributed by atoms with Gasteiger partial charge in [-0.2, -0.15) is 0 Å². The fourth-order valence-electron chi connectivity index (χ4n) is 1.06. The van der Waals surface area contributed by atoms with E-state index in [9.17, 15) is 9.59 Å². The highest BCUT2D eigenvalue weighted by molar-refractivity contribution is 5.64. The second-order valence-corrected chi connectivity index (χ2v) is 3.19. The smallest absolute Gasteiger partial charge is 0.405 e. The topological polar surface area (TPSA) is 102 Å². The lowest BCUT2D eigenvalue weighted by molar-refractivity contribution is -0.109. The van der Waals surface area contributed by atoms with Gasteiger partial charge in [0.2, 0.25) is 6.41 Å². The number of carbonyl (C=O) groups excluding carboxylic acids is 1. The first-order valence-electron chi connectivity index (χ1n) is 5.32. The molecule has 0 radical (unpaired) electrons. The summed E-state index contributed by atoms with van der Waals surface area (Å²) >= 11 is 0. The lowest BCUT2D eigenvalue weighted by Crippen LogP contribution is -2.36. The van der Waals surface area contributed by atoms with E-state index in [4.69, 9.17) is 5.11 Å². The molecule has 0 aromatic carbocycles. The molecule has 7 nitrogen and oxygen atoms in total. The molecule has 0 aliphatic heterocycles. The van der Waals surface area contributed by atoms with Crippen LogP contribution in [0.25, 0.3) is 0 Å². The molecular weight excluding hydrogens is 212 g/mol. The summed E-state index contributed by atoms with van der Waals surface area (Å²) in [7, 11) is 0. The molecule has 5 N–H and O–H groups in total. The van der Waals surface area contributed by atoms with Crippen LogP contribution in [0.2, 0.25) is 0 Å². The quantitative estimate of drug-likeness (QED) is 0.177. The van der Waals surface area contributed by atoms with Crippen LogP contribution in [-0.4, -0.2) is 50.5 Å². The number of unbranched alkanes of at least 4 members (excludes halogenated alkanes) is 1. The van der Waals surface area contributed by atoms with Crippen LogP contribution in [-0.2, 0) is 4.79 Å². The van der Waals surface area contributed by atoms with Gasteiger partial charge in [0, 0.05) is 19.6 Å². The molecule has 0 aliphatic rings. The lowest BCUT2D eigenvalue weighted by Gasteiger charge is -2.06. The average Bonchev–Trinajstić information content (AvgIpc) is 2.25. The van der Waals surface area contributed by atoms with Crippen LogP contribution in [0.15, 0.2) is 0 Å². The zero-order valence-electron chi connectivity index (χ0n) is 9.29. The zero-order valence-corrected chi connectivity index (χ0v) is 9.29. The van der Waals surface area contributed by atoms with Crippen LogP contribution in [0.3, 0.4) is 0 Å². The Bertz CT molecular complexity index is 190.